The molecule has 0 spiro atoms. The Balaban J connectivity index is 0.00000722. The zero-order chi connectivity index (χ0) is 27.2. The van der Waals surface area contributed by atoms with Crippen molar-refractivity contribution >= 4 is 29.7 Å². The summed E-state index contributed by atoms with van der Waals surface area (Å²) in [5.41, 5.74) is 11.6. The van der Waals surface area contributed by atoms with Crippen LogP contribution in [0.15, 0.2) is 36.4 Å². The van der Waals surface area contributed by atoms with Gasteiger partial charge in [-0.05, 0) is 43.4 Å². The molecule has 0 saturated heterocycles. The number of nitrogens with two attached hydrogens (primary N) is 2. The van der Waals surface area contributed by atoms with Gasteiger partial charge in [0.1, 0.15) is 30.5 Å². The Bertz CT molecular complexity index is 997. The molecule has 3 amide bonds. The molecule has 1 aromatic carbocycles. The Kier molecular flexibility index (Phi) is 14.3. The summed E-state index contributed by atoms with van der Waals surface area (Å²) in [6, 6.07) is 4.33. The number of amides is 3. The Hall–Kier alpha value is -3.80. The van der Waals surface area contributed by atoms with Crippen LogP contribution < -0.4 is 49.6 Å². The first-order valence-corrected chi connectivity index (χ1v) is 12.1. The number of halogens is 1. The highest BCUT2D eigenvalue weighted by atomic mass is 35.5. The van der Waals surface area contributed by atoms with Crippen molar-refractivity contribution in [3.05, 3.63) is 42.0 Å². The number of carbonyl (C=O) groups excluding carboxylic acids is 4. The molecule has 0 aromatic heterocycles. The SMILES string of the molecule is COC(=O)[C@@H]1CC=CCOc2ccc(cc2)C[C@H](NC(C)=O)C(=O)N[C@@H](CCCC[NH+]=C(N)N)C(=O)N1.[Cl-]. The lowest BCUT2D eigenvalue weighted by Gasteiger charge is -2.24. The van der Waals surface area contributed by atoms with Crippen LogP contribution in [0.1, 0.15) is 38.2 Å². The molecule has 38 heavy (non-hydrogen) atoms. The molecule has 2 heterocycles. The maximum Gasteiger partial charge on any atom is 0.338 e. The van der Waals surface area contributed by atoms with Gasteiger partial charge in [0.2, 0.25) is 17.7 Å². The zero-order valence-electron chi connectivity index (χ0n) is 21.6. The number of benzene rings is 1. The largest absolute Gasteiger partial charge is 1.00 e. The lowest BCUT2D eigenvalue weighted by atomic mass is 10.0. The monoisotopic (exact) mass is 552 g/mol. The van der Waals surface area contributed by atoms with E-state index in [0.29, 0.717) is 25.1 Å². The van der Waals surface area contributed by atoms with E-state index in [2.05, 4.69) is 20.9 Å². The molecule has 0 unspecified atom stereocenters. The van der Waals surface area contributed by atoms with E-state index in [-0.39, 0.29) is 50.1 Å². The number of carbonyl (C=O) groups is 4. The van der Waals surface area contributed by atoms with Gasteiger partial charge in [0.15, 0.2) is 0 Å². The topological polar surface area (TPSA) is 189 Å². The average molecular weight is 553 g/mol. The standard InChI is InChI=1S/C25H36N6O6.ClH/c1-16(32)29-21-15-17-9-11-18(12-10-17)37-14-6-4-8-20(24(35)36-2)31-22(33)19(30-23(21)34)7-3-5-13-28-25(26)27;/h4,6,9-12,19-21H,3,5,7-8,13-15H2,1-2H3,(H,29,32)(H,30,34)(H,31,33)(H4,26,27,28);1H/t19-,20-,21-;/m0./s1. The average Bonchev–Trinajstić information content (AvgIpc) is 2.86. The first-order valence-electron chi connectivity index (χ1n) is 12.1. The van der Waals surface area contributed by atoms with Crippen molar-refractivity contribution in [2.24, 2.45) is 11.5 Å². The van der Waals surface area contributed by atoms with Gasteiger partial charge in [-0.25, -0.2) is 4.79 Å². The van der Waals surface area contributed by atoms with Crippen LogP contribution >= 0.6 is 0 Å². The Morgan fingerprint density at radius 3 is 2.45 bits per heavy atom. The smallest absolute Gasteiger partial charge is 0.338 e. The van der Waals surface area contributed by atoms with E-state index in [4.69, 9.17) is 20.9 Å². The fourth-order valence-corrected chi connectivity index (χ4v) is 3.73. The first-order chi connectivity index (χ1) is 17.7. The van der Waals surface area contributed by atoms with E-state index < -0.39 is 35.9 Å². The minimum atomic E-state index is -0.958. The molecule has 8 N–H and O–H groups in total. The molecule has 2 aliphatic rings. The summed E-state index contributed by atoms with van der Waals surface area (Å²) in [4.78, 5) is 53.4. The van der Waals surface area contributed by atoms with Crippen molar-refractivity contribution in [3.63, 3.8) is 0 Å². The normalized spacial score (nSPS) is 20.0. The van der Waals surface area contributed by atoms with E-state index in [1.807, 2.05) is 12.1 Å². The number of fused-ring (bicyclic) bond motifs is 13. The number of hydrogen-bond acceptors (Lipinski definition) is 6. The van der Waals surface area contributed by atoms with Crippen LogP contribution in [0.3, 0.4) is 0 Å². The molecule has 2 bridgehead atoms. The van der Waals surface area contributed by atoms with E-state index in [0.717, 1.165) is 5.56 Å². The van der Waals surface area contributed by atoms with Crippen LogP contribution in [-0.4, -0.2) is 68.0 Å². The van der Waals surface area contributed by atoms with Crippen molar-refractivity contribution in [1.82, 2.24) is 16.0 Å². The first kappa shape index (κ1) is 32.2. The van der Waals surface area contributed by atoms with Gasteiger partial charge in [-0.15, -0.1) is 0 Å². The van der Waals surface area contributed by atoms with E-state index in [1.54, 1.807) is 24.3 Å². The molecule has 1 aromatic rings. The molecule has 2 aliphatic heterocycles. The van der Waals surface area contributed by atoms with Gasteiger partial charge in [0.25, 0.3) is 0 Å². The van der Waals surface area contributed by atoms with Gasteiger partial charge in [-0.3, -0.25) is 30.8 Å². The Labute approximate surface area is 228 Å². The lowest BCUT2D eigenvalue weighted by Crippen LogP contribution is -3.00. The number of esters is 1. The van der Waals surface area contributed by atoms with Crippen LogP contribution in [0.4, 0.5) is 0 Å². The quantitative estimate of drug-likeness (QED) is 0.0636. The molecular weight excluding hydrogens is 516 g/mol. The molecule has 3 atom stereocenters. The van der Waals surface area contributed by atoms with Gasteiger partial charge in [0.05, 0.1) is 13.7 Å². The fourth-order valence-electron chi connectivity index (χ4n) is 3.73. The second kappa shape index (κ2) is 16.8. The fraction of sp³-hybridized carbons (Fsp3) is 0.480. The summed E-state index contributed by atoms with van der Waals surface area (Å²) in [7, 11) is 1.23. The zero-order valence-corrected chi connectivity index (χ0v) is 22.4. The highest BCUT2D eigenvalue weighted by Crippen LogP contribution is 2.14. The number of rotatable bonds is 7. The second-order valence-corrected chi connectivity index (χ2v) is 8.64. The summed E-state index contributed by atoms with van der Waals surface area (Å²) in [5.74, 6) is -1.35. The number of unbranched alkanes of at least 4 members (excludes halogenated alkanes) is 1. The molecule has 0 fully saturated rings. The molecular formula is C25H37ClN6O6. The number of nitrogens with one attached hydrogen (secondary N) is 4. The van der Waals surface area contributed by atoms with Crippen LogP contribution in [-0.2, 0) is 30.3 Å². The van der Waals surface area contributed by atoms with Gasteiger partial charge < -0.3 is 37.8 Å². The van der Waals surface area contributed by atoms with Crippen molar-refractivity contribution in [2.45, 2.75) is 57.2 Å². The predicted molar refractivity (Wildman–Crippen MR) is 136 cm³/mol. The third kappa shape index (κ3) is 11.5. The third-order valence-electron chi connectivity index (χ3n) is 5.63. The van der Waals surface area contributed by atoms with Crippen molar-refractivity contribution < 1.29 is 46.1 Å². The minimum absolute atomic E-state index is 0. The molecule has 12 nitrogen and oxygen atoms in total. The molecule has 0 saturated carbocycles. The van der Waals surface area contributed by atoms with Crippen molar-refractivity contribution in [2.75, 3.05) is 20.3 Å². The molecule has 0 radical (unpaired) electrons. The highest BCUT2D eigenvalue weighted by Gasteiger charge is 2.29. The maximum absolute atomic E-state index is 13.2. The van der Waals surface area contributed by atoms with Crippen LogP contribution in [0, 0.1) is 0 Å². The third-order valence-corrected chi connectivity index (χ3v) is 5.63. The number of guanidine groups is 1. The Morgan fingerprint density at radius 2 is 1.82 bits per heavy atom. The van der Waals surface area contributed by atoms with E-state index >= 15 is 0 Å². The molecule has 0 aliphatic carbocycles. The number of methoxy groups -OCH3 is 1. The minimum Gasteiger partial charge on any atom is -1.00 e. The summed E-state index contributed by atoms with van der Waals surface area (Å²) in [5, 5.41) is 8.08. The Morgan fingerprint density at radius 1 is 1.11 bits per heavy atom. The highest BCUT2D eigenvalue weighted by molar-refractivity contribution is 5.93. The predicted octanol–water partition coefficient (Wildman–Crippen LogP) is -5.26. The summed E-state index contributed by atoms with van der Waals surface area (Å²) in [6.45, 7) is 2.07. The summed E-state index contributed by atoms with van der Waals surface area (Å²) < 4.78 is 10.5. The van der Waals surface area contributed by atoms with E-state index in [9.17, 15) is 19.2 Å². The molecule has 3 rings (SSSR count). The molecule has 210 valence electrons. The van der Waals surface area contributed by atoms with Gasteiger partial charge in [-0.1, -0.05) is 24.3 Å². The van der Waals surface area contributed by atoms with E-state index in [1.165, 1.54) is 14.0 Å². The van der Waals surface area contributed by atoms with Gasteiger partial charge in [-0.2, -0.15) is 0 Å². The summed E-state index contributed by atoms with van der Waals surface area (Å²) in [6.07, 6.45) is 5.29. The van der Waals surface area contributed by atoms with Crippen molar-refractivity contribution in [1.29, 1.82) is 0 Å². The number of ether oxygens (including phenoxy) is 2. The lowest BCUT2D eigenvalue weighted by molar-refractivity contribution is -0.459. The van der Waals surface area contributed by atoms with Crippen LogP contribution in [0.25, 0.3) is 0 Å². The summed E-state index contributed by atoms with van der Waals surface area (Å²) >= 11 is 0. The van der Waals surface area contributed by atoms with Gasteiger partial charge >= 0.3 is 11.9 Å². The van der Waals surface area contributed by atoms with Crippen LogP contribution in [0.5, 0.6) is 5.75 Å². The second-order valence-electron chi connectivity index (χ2n) is 8.64. The number of hydrogen-bond donors (Lipinski definition) is 6. The molecule has 13 heteroatoms. The van der Waals surface area contributed by atoms with Crippen LogP contribution in [0.2, 0.25) is 0 Å². The van der Waals surface area contributed by atoms with Crippen molar-refractivity contribution in [3.8, 4) is 5.75 Å². The van der Waals surface area contributed by atoms with Gasteiger partial charge in [0, 0.05) is 13.3 Å². The maximum atomic E-state index is 13.2.